The molecule has 4 heteroatoms. The van der Waals surface area contributed by atoms with E-state index in [2.05, 4.69) is 55.7 Å². The fourth-order valence-corrected chi connectivity index (χ4v) is 2.79. The Morgan fingerprint density at radius 3 is 2.74 bits per heavy atom. The van der Waals surface area contributed by atoms with Gasteiger partial charge in [0.1, 0.15) is 0 Å². The van der Waals surface area contributed by atoms with E-state index in [0.717, 1.165) is 38.6 Å². The summed E-state index contributed by atoms with van der Waals surface area (Å²) >= 11 is 0. The van der Waals surface area contributed by atoms with Crippen molar-refractivity contribution < 1.29 is 4.74 Å². The van der Waals surface area contributed by atoms with E-state index in [0.29, 0.717) is 12.0 Å². The highest BCUT2D eigenvalue weighted by molar-refractivity contribution is 5.79. The first kappa shape index (κ1) is 17.8. The highest BCUT2D eigenvalue weighted by atomic mass is 16.5. The number of rotatable bonds is 7. The third kappa shape index (κ3) is 6.22. The van der Waals surface area contributed by atoms with Crippen LogP contribution in [0.1, 0.15) is 50.2 Å². The molecule has 0 amide bonds. The van der Waals surface area contributed by atoms with E-state index in [-0.39, 0.29) is 0 Å². The predicted octanol–water partition coefficient (Wildman–Crippen LogP) is 3.22. The van der Waals surface area contributed by atoms with Crippen molar-refractivity contribution in [2.24, 2.45) is 4.99 Å². The second-order valence-corrected chi connectivity index (χ2v) is 6.38. The minimum Gasteiger partial charge on any atom is -0.378 e. The molecule has 2 N–H and O–H groups in total. The van der Waals surface area contributed by atoms with Crippen molar-refractivity contribution in [1.29, 1.82) is 0 Å². The molecule has 0 aliphatic carbocycles. The summed E-state index contributed by atoms with van der Waals surface area (Å²) in [4.78, 5) is 4.73. The van der Waals surface area contributed by atoms with E-state index < -0.39 is 0 Å². The molecule has 128 valence electrons. The van der Waals surface area contributed by atoms with Crippen molar-refractivity contribution >= 4 is 5.96 Å². The smallest absolute Gasteiger partial charge is 0.191 e. The molecule has 1 aromatic rings. The lowest BCUT2D eigenvalue weighted by atomic mass is 10.0. The predicted molar refractivity (Wildman–Crippen MR) is 97.2 cm³/mol. The van der Waals surface area contributed by atoms with Crippen molar-refractivity contribution in [1.82, 2.24) is 10.6 Å². The van der Waals surface area contributed by atoms with Gasteiger partial charge in [0.2, 0.25) is 0 Å². The fraction of sp³-hybridized carbons (Fsp3) is 0.632. The summed E-state index contributed by atoms with van der Waals surface area (Å²) in [5.74, 6) is 1.33. The molecule has 4 nitrogen and oxygen atoms in total. The topological polar surface area (TPSA) is 45.7 Å². The van der Waals surface area contributed by atoms with Crippen LogP contribution in [0, 0.1) is 6.92 Å². The first-order valence-electron chi connectivity index (χ1n) is 8.89. The number of hydrogen-bond donors (Lipinski definition) is 2. The number of guanidine groups is 1. The van der Waals surface area contributed by atoms with E-state index in [1.54, 1.807) is 0 Å². The number of ether oxygens (including phenoxy) is 1. The molecule has 1 saturated heterocycles. The molecule has 0 bridgehead atoms. The Balaban J connectivity index is 1.80. The Labute approximate surface area is 140 Å². The maximum absolute atomic E-state index is 5.66. The van der Waals surface area contributed by atoms with Gasteiger partial charge in [0.15, 0.2) is 5.96 Å². The van der Waals surface area contributed by atoms with Gasteiger partial charge in [-0.2, -0.15) is 0 Å². The molecule has 0 saturated carbocycles. The molecule has 2 unspecified atom stereocenters. The lowest BCUT2D eigenvalue weighted by Gasteiger charge is -2.15. The van der Waals surface area contributed by atoms with Crippen LogP contribution in [0.4, 0.5) is 0 Å². The quantitative estimate of drug-likeness (QED) is 0.599. The van der Waals surface area contributed by atoms with E-state index >= 15 is 0 Å². The van der Waals surface area contributed by atoms with Gasteiger partial charge in [-0.05, 0) is 38.7 Å². The molecule has 0 aromatic heterocycles. The van der Waals surface area contributed by atoms with E-state index in [9.17, 15) is 0 Å². The molecule has 1 fully saturated rings. The van der Waals surface area contributed by atoms with Crippen LogP contribution in [-0.2, 0) is 4.74 Å². The van der Waals surface area contributed by atoms with Crippen molar-refractivity contribution in [3.8, 4) is 0 Å². The summed E-state index contributed by atoms with van der Waals surface area (Å²) in [6.07, 6.45) is 3.88. The zero-order valence-electron chi connectivity index (χ0n) is 14.8. The summed E-state index contributed by atoms with van der Waals surface area (Å²) < 4.78 is 5.66. The van der Waals surface area contributed by atoms with Crippen LogP contribution in [-0.4, -0.2) is 38.3 Å². The number of nitrogens with zero attached hydrogens (tertiary/aromatic N) is 1. The van der Waals surface area contributed by atoms with Crippen molar-refractivity contribution in [2.75, 3.05) is 26.2 Å². The zero-order valence-corrected chi connectivity index (χ0v) is 14.8. The number of benzene rings is 1. The molecule has 1 aliphatic rings. The molecular formula is C19H31N3O. The van der Waals surface area contributed by atoms with Gasteiger partial charge in [-0.3, -0.25) is 4.99 Å². The van der Waals surface area contributed by atoms with E-state index in [1.807, 2.05) is 0 Å². The molecule has 1 aromatic carbocycles. The Bertz CT molecular complexity index is 478. The van der Waals surface area contributed by atoms with Crippen LogP contribution < -0.4 is 10.6 Å². The molecule has 2 atom stereocenters. The summed E-state index contributed by atoms with van der Waals surface area (Å²) in [6.45, 7) is 9.95. The van der Waals surface area contributed by atoms with E-state index in [4.69, 9.17) is 9.73 Å². The first-order valence-corrected chi connectivity index (χ1v) is 8.89. The van der Waals surface area contributed by atoms with Gasteiger partial charge in [-0.25, -0.2) is 0 Å². The third-order valence-electron chi connectivity index (χ3n) is 4.30. The minimum absolute atomic E-state index is 0.421. The molecule has 0 spiro atoms. The number of nitrogens with one attached hydrogen (secondary N) is 2. The van der Waals surface area contributed by atoms with Crippen LogP contribution in [0.15, 0.2) is 29.3 Å². The highest BCUT2D eigenvalue weighted by Gasteiger charge is 2.14. The van der Waals surface area contributed by atoms with Gasteiger partial charge < -0.3 is 15.4 Å². The van der Waals surface area contributed by atoms with Gasteiger partial charge in [0, 0.05) is 32.2 Å². The molecular weight excluding hydrogens is 286 g/mol. The van der Waals surface area contributed by atoms with Crippen molar-refractivity contribution in [3.63, 3.8) is 0 Å². The maximum atomic E-state index is 5.66. The maximum Gasteiger partial charge on any atom is 0.191 e. The Hall–Kier alpha value is -1.55. The van der Waals surface area contributed by atoms with Crippen LogP contribution in [0.3, 0.4) is 0 Å². The molecule has 23 heavy (non-hydrogen) atoms. The second kappa shape index (κ2) is 9.56. The third-order valence-corrected chi connectivity index (χ3v) is 4.30. The molecule has 1 heterocycles. The average molecular weight is 317 g/mol. The van der Waals surface area contributed by atoms with Gasteiger partial charge >= 0.3 is 0 Å². The van der Waals surface area contributed by atoms with Crippen LogP contribution in [0.2, 0.25) is 0 Å². The summed E-state index contributed by atoms with van der Waals surface area (Å²) in [7, 11) is 0. The Morgan fingerprint density at radius 2 is 2.09 bits per heavy atom. The van der Waals surface area contributed by atoms with Crippen molar-refractivity contribution in [3.05, 3.63) is 35.4 Å². The number of hydrogen-bond acceptors (Lipinski definition) is 2. The largest absolute Gasteiger partial charge is 0.378 e. The van der Waals surface area contributed by atoms with Crippen molar-refractivity contribution in [2.45, 2.75) is 52.1 Å². The average Bonchev–Trinajstić information content (AvgIpc) is 3.06. The second-order valence-electron chi connectivity index (χ2n) is 6.38. The lowest BCUT2D eigenvalue weighted by molar-refractivity contribution is 0.105. The Kier molecular flexibility index (Phi) is 7.40. The van der Waals surface area contributed by atoms with Crippen LogP contribution in [0.5, 0.6) is 0 Å². The minimum atomic E-state index is 0.421. The fourth-order valence-electron chi connectivity index (χ4n) is 2.79. The standard InChI is InChI=1S/C19H31N3O/c1-4-20-19(21-12-11-18-6-5-13-23-18)22-14-16(3)17-9-7-15(2)8-10-17/h7-10,16,18H,4-6,11-14H2,1-3H3,(H2,20,21,22). The molecule has 1 aliphatic heterocycles. The Morgan fingerprint density at radius 1 is 1.30 bits per heavy atom. The van der Waals surface area contributed by atoms with Gasteiger partial charge in [0.05, 0.1) is 6.10 Å². The zero-order chi connectivity index (χ0) is 16.5. The van der Waals surface area contributed by atoms with Gasteiger partial charge in [-0.1, -0.05) is 36.8 Å². The van der Waals surface area contributed by atoms with E-state index in [1.165, 1.54) is 24.0 Å². The van der Waals surface area contributed by atoms with Crippen LogP contribution in [0.25, 0.3) is 0 Å². The van der Waals surface area contributed by atoms with Gasteiger partial charge in [0.25, 0.3) is 0 Å². The monoisotopic (exact) mass is 317 g/mol. The summed E-state index contributed by atoms with van der Waals surface area (Å²) in [5.41, 5.74) is 2.64. The lowest BCUT2D eigenvalue weighted by Crippen LogP contribution is -2.38. The number of aryl methyl sites for hydroxylation is 1. The molecule has 0 radical (unpaired) electrons. The first-order chi connectivity index (χ1) is 11.2. The molecule has 2 rings (SSSR count). The summed E-state index contributed by atoms with van der Waals surface area (Å²) in [6, 6.07) is 8.74. The summed E-state index contributed by atoms with van der Waals surface area (Å²) in [5, 5.41) is 6.74. The number of aliphatic imine (C=N–C) groups is 1. The van der Waals surface area contributed by atoms with Gasteiger partial charge in [-0.15, -0.1) is 0 Å². The van der Waals surface area contributed by atoms with Crippen LogP contribution >= 0.6 is 0 Å². The normalized spacial score (nSPS) is 19.6. The SMILES string of the molecule is CCNC(=NCC(C)c1ccc(C)cc1)NCCC1CCCO1. The highest BCUT2D eigenvalue weighted by Crippen LogP contribution is 2.16.